The van der Waals surface area contributed by atoms with Crippen molar-refractivity contribution in [3.05, 3.63) is 82.3 Å². The first-order valence-corrected chi connectivity index (χ1v) is 11.0. The van der Waals surface area contributed by atoms with Gasteiger partial charge in [-0.2, -0.15) is 0 Å². The third-order valence-electron chi connectivity index (χ3n) is 6.17. The number of hydrogen-bond donors (Lipinski definition) is 1. The number of aromatic nitrogens is 4. The number of carbonyl (C=O) groups is 1. The zero-order valence-corrected chi connectivity index (χ0v) is 18.5. The van der Waals surface area contributed by atoms with Crippen LogP contribution in [0.15, 0.2) is 48.7 Å². The molecule has 0 saturated carbocycles. The van der Waals surface area contributed by atoms with Crippen LogP contribution in [0.3, 0.4) is 0 Å². The van der Waals surface area contributed by atoms with Crippen LogP contribution in [0.25, 0.3) is 10.9 Å². The summed E-state index contributed by atoms with van der Waals surface area (Å²) in [5.74, 6) is 1.08. The average molecular weight is 424 g/mol. The van der Waals surface area contributed by atoms with Crippen LogP contribution in [0, 0.1) is 13.8 Å². The lowest BCUT2D eigenvalue weighted by molar-refractivity contribution is 0.0962. The van der Waals surface area contributed by atoms with Gasteiger partial charge in [-0.3, -0.25) is 10.1 Å². The summed E-state index contributed by atoms with van der Waals surface area (Å²) < 4.78 is 0. The van der Waals surface area contributed by atoms with Crippen molar-refractivity contribution in [2.24, 2.45) is 0 Å². The Kier molecular flexibility index (Phi) is 5.13. The van der Waals surface area contributed by atoms with E-state index in [2.05, 4.69) is 75.5 Å². The zero-order chi connectivity index (χ0) is 22.2. The molecule has 32 heavy (non-hydrogen) atoms. The smallest absolute Gasteiger partial charge is 0.230 e. The fourth-order valence-electron chi connectivity index (χ4n) is 4.28. The molecular formula is C26H25N5O. The van der Waals surface area contributed by atoms with Gasteiger partial charge in [-0.1, -0.05) is 42.8 Å². The van der Waals surface area contributed by atoms with Gasteiger partial charge in [0.1, 0.15) is 0 Å². The van der Waals surface area contributed by atoms with E-state index >= 15 is 0 Å². The van der Waals surface area contributed by atoms with E-state index in [1.165, 1.54) is 16.7 Å². The number of Topliss-reactive ketones (excluding diaryl/α,β-unsaturated/α-hetero) is 1. The lowest BCUT2D eigenvalue weighted by Gasteiger charge is -2.23. The summed E-state index contributed by atoms with van der Waals surface area (Å²) in [6, 6.07) is 14.6. The van der Waals surface area contributed by atoms with Crippen LogP contribution >= 0.6 is 0 Å². The molecule has 0 fully saturated rings. The third kappa shape index (κ3) is 3.84. The molecular weight excluding hydrogens is 398 g/mol. The maximum atomic E-state index is 12.7. The van der Waals surface area contributed by atoms with Crippen molar-refractivity contribution >= 4 is 28.6 Å². The third-order valence-corrected chi connectivity index (χ3v) is 6.17. The molecule has 6 nitrogen and oxygen atoms in total. The van der Waals surface area contributed by atoms with Crippen LogP contribution in [-0.2, 0) is 12.8 Å². The Labute approximate surface area is 187 Å². The van der Waals surface area contributed by atoms with E-state index in [9.17, 15) is 4.79 Å². The normalized spacial score (nSPS) is 15.6. The Morgan fingerprint density at radius 3 is 2.56 bits per heavy atom. The Balaban J connectivity index is 1.43. The molecule has 0 amide bonds. The van der Waals surface area contributed by atoms with Crippen LogP contribution in [0.4, 0.5) is 11.9 Å². The Bertz CT molecular complexity index is 1330. The van der Waals surface area contributed by atoms with Crippen LogP contribution in [0.2, 0.25) is 0 Å². The molecule has 0 unspecified atom stereocenters. The van der Waals surface area contributed by atoms with Gasteiger partial charge in [-0.15, -0.1) is 0 Å². The Hall–Kier alpha value is -3.67. The minimum absolute atomic E-state index is 0.0907. The molecule has 0 spiro atoms. The first kappa shape index (κ1) is 20.2. The molecule has 5 rings (SSSR count). The first-order chi connectivity index (χ1) is 15.5. The van der Waals surface area contributed by atoms with Crippen molar-refractivity contribution in [1.82, 2.24) is 19.9 Å². The largest absolute Gasteiger partial charge is 0.294 e. The monoisotopic (exact) mass is 423 g/mol. The number of rotatable bonds is 4. The van der Waals surface area contributed by atoms with Gasteiger partial charge >= 0.3 is 0 Å². The highest BCUT2D eigenvalue weighted by molar-refractivity contribution is 5.98. The number of nitrogens with one attached hydrogen (secondary N) is 1. The summed E-state index contributed by atoms with van der Waals surface area (Å²) in [4.78, 5) is 31.0. The molecule has 1 N–H and O–H groups in total. The molecule has 2 heterocycles. The van der Waals surface area contributed by atoms with Crippen molar-refractivity contribution in [3.63, 3.8) is 0 Å². The lowest BCUT2D eigenvalue weighted by atomic mass is 9.82. The fraction of sp³-hybridized carbons (Fsp3) is 0.269. The highest BCUT2D eigenvalue weighted by Crippen LogP contribution is 2.32. The second-order valence-corrected chi connectivity index (χ2v) is 8.46. The van der Waals surface area contributed by atoms with Crippen molar-refractivity contribution in [2.75, 3.05) is 5.32 Å². The average Bonchev–Trinajstić information content (AvgIpc) is 2.79. The van der Waals surface area contributed by atoms with Gasteiger partial charge in [0, 0.05) is 18.0 Å². The fourth-order valence-corrected chi connectivity index (χ4v) is 4.28. The van der Waals surface area contributed by atoms with E-state index in [0.717, 1.165) is 28.7 Å². The molecule has 2 aromatic heterocycles. The summed E-state index contributed by atoms with van der Waals surface area (Å²) in [6.45, 7) is 6.18. The van der Waals surface area contributed by atoms with Gasteiger partial charge in [-0.25, -0.2) is 19.9 Å². The van der Waals surface area contributed by atoms with Gasteiger partial charge in [0.15, 0.2) is 5.78 Å². The maximum Gasteiger partial charge on any atom is 0.230 e. The van der Waals surface area contributed by atoms with Gasteiger partial charge in [0.25, 0.3) is 0 Å². The quantitative estimate of drug-likeness (QED) is 0.482. The first-order valence-electron chi connectivity index (χ1n) is 11.0. The van der Waals surface area contributed by atoms with Crippen LogP contribution in [0.1, 0.15) is 57.7 Å². The number of nitrogens with zero attached hydrogens (tertiary/aromatic N) is 4. The van der Waals surface area contributed by atoms with Crippen LogP contribution < -0.4 is 5.32 Å². The molecule has 0 bridgehead atoms. The Morgan fingerprint density at radius 2 is 1.78 bits per heavy atom. The minimum atomic E-state index is 0.0907. The maximum absolute atomic E-state index is 12.7. The van der Waals surface area contributed by atoms with Crippen molar-refractivity contribution in [3.8, 4) is 0 Å². The molecule has 1 atom stereocenters. The number of aryl methyl sites for hydroxylation is 3. The van der Waals surface area contributed by atoms with Crippen LogP contribution in [0.5, 0.6) is 0 Å². The number of hydrogen-bond acceptors (Lipinski definition) is 6. The zero-order valence-electron chi connectivity index (χ0n) is 18.5. The number of anilines is 2. The highest BCUT2D eigenvalue weighted by Gasteiger charge is 2.28. The Morgan fingerprint density at radius 1 is 0.969 bits per heavy atom. The molecule has 0 aliphatic heterocycles. The summed E-state index contributed by atoms with van der Waals surface area (Å²) in [6.07, 6.45) is 3.79. The molecule has 0 saturated heterocycles. The second-order valence-electron chi connectivity index (χ2n) is 8.46. The van der Waals surface area contributed by atoms with E-state index in [1.54, 1.807) is 6.20 Å². The molecule has 1 aliphatic rings. The van der Waals surface area contributed by atoms with Crippen molar-refractivity contribution in [1.29, 1.82) is 0 Å². The van der Waals surface area contributed by atoms with E-state index < -0.39 is 0 Å². The molecule has 6 heteroatoms. The van der Waals surface area contributed by atoms with Crippen molar-refractivity contribution in [2.45, 2.75) is 46.0 Å². The molecule has 160 valence electrons. The molecule has 4 aromatic rings. The predicted octanol–water partition coefficient (Wildman–Crippen LogP) is 5.26. The number of benzene rings is 2. The number of fused-ring (bicyclic) bond motifs is 2. The topological polar surface area (TPSA) is 80.7 Å². The summed E-state index contributed by atoms with van der Waals surface area (Å²) >= 11 is 0. The van der Waals surface area contributed by atoms with E-state index in [-0.39, 0.29) is 11.7 Å². The minimum Gasteiger partial charge on any atom is -0.294 e. The van der Waals surface area contributed by atoms with Crippen molar-refractivity contribution < 1.29 is 4.79 Å². The standard InChI is InChI=1S/C26H25N5O/c1-4-17-7-10-22-20(11-17)16(3)28-26(29-22)31-25-27-14-21-23(30-25)12-19(13-24(21)32)18-8-5-15(2)6-9-18/h5-11,14,19H,4,12-13H2,1-3H3,(H,27,28,29,30,31)/t19-/m0/s1. The number of carbonyl (C=O) groups excluding carboxylic acids is 1. The predicted molar refractivity (Wildman–Crippen MR) is 126 cm³/mol. The van der Waals surface area contributed by atoms with E-state index in [4.69, 9.17) is 0 Å². The molecule has 2 aromatic carbocycles. The van der Waals surface area contributed by atoms with Gasteiger partial charge < -0.3 is 0 Å². The van der Waals surface area contributed by atoms with Gasteiger partial charge in [0.2, 0.25) is 11.9 Å². The number of ketones is 1. The SMILES string of the molecule is CCc1ccc2nc(Nc3ncc4c(n3)C[C@H](c3ccc(C)cc3)CC4=O)nc(C)c2c1. The van der Waals surface area contributed by atoms with Crippen LogP contribution in [-0.4, -0.2) is 25.7 Å². The molecule has 1 aliphatic carbocycles. The molecule has 0 radical (unpaired) electrons. The summed E-state index contributed by atoms with van der Waals surface area (Å²) in [5, 5.41) is 4.19. The van der Waals surface area contributed by atoms with E-state index in [1.807, 2.05) is 13.0 Å². The lowest BCUT2D eigenvalue weighted by Crippen LogP contribution is -2.21. The second kappa shape index (κ2) is 8.11. The summed E-state index contributed by atoms with van der Waals surface area (Å²) in [7, 11) is 0. The van der Waals surface area contributed by atoms with Gasteiger partial charge in [-0.05, 0) is 55.9 Å². The van der Waals surface area contributed by atoms with Gasteiger partial charge in [0.05, 0.1) is 22.5 Å². The summed E-state index contributed by atoms with van der Waals surface area (Å²) in [5.41, 5.74) is 6.81. The van der Waals surface area contributed by atoms with E-state index in [0.29, 0.717) is 30.3 Å². The highest BCUT2D eigenvalue weighted by atomic mass is 16.1.